The van der Waals surface area contributed by atoms with Crippen LogP contribution >= 0.6 is 11.6 Å². The van der Waals surface area contributed by atoms with Crippen LogP contribution in [-0.2, 0) is 4.74 Å². The minimum Gasteiger partial charge on any atom is -0.394 e. The summed E-state index contributed by atoms with van der Waals surface area (Å²) in [5.74, 6) is 0. The van der Waals surface area contributed by atoms with Gasteiger partial charge in [0.1, 0.15) is 29.3 Å². The molecule has 4 unspecified atom stereocenters. The molecule has 3 heterocycles. The topological polar surface area (TPSA) is 80.4 Å². The van der Waals surface area contributed by atoms with E-state index in [1.54, 1.807) is 12.3 Å². The lowest BCUT2D eigenvalue weighted by Gasteiger charge is -2.25. The summed E-state index contributed by atoms with van der Waals surface area (Å²) in [6.07, 6.45) is -0.665. The molecule has 108 valence electrons. The second kappa shape index (κ2) is 4.63. The molecule has 0 amide bonds. The monoisotopic (exact) mass is 301 g/mol. The Morgan fingerprint density at radius 2 is 2.30 bits per heavy atom. The summed E-state index contributed by atoms with van der Waals surface area (Å²) in [5, 5.41) is 19.8. The number of hydrogen-bond donors (Lipinski definition) is 2. The number of hydrogen-bond acceptors (Lipinski definition) is 5. The molecular weight excluding hydrogens is 289 g/mol. The molecule has 0 aliphatic carbocycles. The van der Waals surface area contributed by atoms with Crippen LogP contribution in [0.4, 0.5) is 4.39 Å². The summed E-state index contributed by atoms with van der Waals surface area (Å²) in [7, 11) is 0. The second-order valence-corrected chi connectivity index (χ2v) is 5.29. The molecule has 1 aliphatic rings. The lowest BCUT2D eigenvalue weighted by atomic mass is 9.98. The Balaban J connectivity index is 2.10. The Labute approximate surface area is 118 Å². The smallest absolute Gasteiger partial charge is 0.181 e. The van der Waals surface area contributed by atoms with Gasteiger partial charge in [0.2, 0.25) is 0 Å². The van der Waals surface area contributed by atoms with Crippen molar-refractivity contribution in [2.45, 2.75) is 31.0 Å². The van der Waals surface area contributed by atoms with Gasteiger partial charge in [-0.2, -0.15) is 0 Å². The molecule has 1 fully saturated rings. The van der Waals surface area contributed by atoms with E-state index in [4.69, 9.17) is 21.4 Å². The molecule has 3 rings (SSSR count). The van der Waals surface area contributed by atoms with Crippen molar-refractivity contribution in [1.29, 1.82) is 0 Å². The van der Waals surface area contributed by atoms with Crippen LogP contribution in [0.15, 0.2) is 18.6 Å². The second-order valence-electron chi connectivity index (χ2n) is 4.93. The Bertz CT molecular complexity index is 648. The van der Waals surface area contributed by atoms with Gasteiger partial charge in [0, 0.05) is 6.20 Å². The van der Waals surface area contributed by atoms with Crippen molar-refractivity contribution in [3.05, 3.63) is 23.7 Å². The molecule has 1 saturated heterocycles. The maximum atomic E-state index is 14.7. The first kappa shape index (κ1) is 13.7. The summed E-state index contributed by atoms with van der Waals surface area (Å²) in [4.78, 5) is 7.91. The fourth-order valence-electron chi connectivity index (χ4n) is 2.49. The Morgan fingerprint density at radius 3 is 2.95 bits per heavy atom. The first-order chi connectivity index (χ1) is 9.46. The SMILES string of the molecule is CC1(F)C(O)C(CO)OC1n1ccc2c(Cl)ncnc21. The molecule has 6 nitrogen and oxygen atoms in total. The van der Waals surface area contributed by atoms with E-state index in [0.29, 0.717) is 11.0 Å². The van der Waals surface area contributed by atoms with Crippen molar-refractivity contribution in [1.82, 2.24) is 14.5 Å². The fourth-order valence-corrected chi connectivity index (χ4v) is 2.68. The summed E-state index contributed by atoms with van der Waals surface area (Å²) in [6.45, 7) is 0.763. The van der Waals surface area contributed by atoms with Crippen molar-refractivity contribution < 1.29 is 19.3 Å². The highest BCUT2D eigenvalue weighted by Crippen LogP contribution is 2.42. The van der Waals surface area contributed by atoms with Crippen LogP contribution in [0.1, 0.15) is 13.2 Å². The fraction of sp³-hybridized carbons (Fsp3) is 0.500. The highest BCUT2D eigenvalue weighted by atomic mass is 35.5. The zero-order valence-electron chi connectivity index (χ0n) is 10.6. The molecule has 0 saturated carbocycles. The van der Waals surface area contributed by atoms with E-state index < -0.39 is 30.7 Å². The number of aliphatic hydroxyl groups excluding tert-OH is 2. The van der Waals surface area contributed by atoms with Gasteiger partial charge in [-0.1, -0.05) is 11.6 Å². The molecule has 0 aromatic carbocycles. The van der Waals surface area contributed by atoms with Crippen molar-refractivity contribution in [2.24, 2.45) is 0 Å². The summed E-state index contributed by atoms with van der Waals surface area (Å²) in [6, 6.07) is 1.65. The zero-order valence-corrected chi connectivity index (χ0v) is 11.3. The Morgan fingerprint density at radius 1 is 1.55 bits per heavy atom. The molecule has 2 N–H and O–H groups in total. The minimum absolute atomic E-state index is 0.256. The average molecular weight is 302 g/mol. The number of nitrogens with zero attached hydrogens (tertiary/aromatic N) is 3. The highest BCUT2D eigenvalue weighted by Gasteiger charge is 2.54. The van der Waals surface area contributed by atoms with Crippen LogP contribution in [0.5, 0.6) is 0 Å². The van der Waals surface area contributed by atoms with Crippen molar-refractivity contribution in [3.8, 4) is 0 Å². The number of halogens is 2. The molecule has 0 radical (unpaired) electrons. The predicted molar refractivity (Wildman–Crippen MR) is 69.1 cm³/mol. The zero-order chi connectivity index (χ0) is 14.5. The van der Waals surface area contributed by atoms with E-state index in [-0.39, 0.29) is 5.15 Å². The van der Waals surface area contributed by atoms with Crippen LogP contribution in [-0.4, -0.2) is 49.2 Å². The number of alkyl halides is 1. The van der Waals surface area contributed by atoms with E-state index in [1.165, 1.54) is 17.8 Å². The van der Waals surface area contributed by atoms with Gasteiger partial charge in [0.25, 0.3) is 0 Å². The van der Waals surface area contributed by atoms with Gasteiger partial charge in [-0.15, -0.1) is 0 Å². The molecule has 1 aliphatic heterocycles. The van der Waals surface area contributed by atoms with E-state index in [9.17, 15) is 9.50 Å². The molecular formula is C12H13ClFN3O3. The van der Waals surface area contributed by atoms with Gasteiger partial charge in [-0.05, 0) is 13.0 Å². The number of ether oxygens (including phenoxy) is 1. The summed E-state index contributed by atoms with van der Waals surface area (Å²) >= 11 is 5.94. The third kappa shape index (κ3) is 1.81. The molecule has 4 atom stereocenters. The van der Waals surface area contributed by atoms with Gasteiger partial charge in [-0.25, -0.2) is 14.4 Å². The molecule has 0 bridgehead atoms. The average Bonchev–Trinajstić information content (AvgIpc) is 2.92. The van der Waals surface area contributed by atoms with E-state index in [0.717, 1.165) is 0 Å². The molecule has 20 heavy (non-hydrogen) atoms. The quantitative estimate of drug-likeness (QED) is 0.811. The Kier molecular flexibility index (Phi) is 3.17. The van der Waals surface area contributed by atoms with Gasteiger partial charge < -0.3 is 19.5 Å². The lowest BCUT2D eigenvalue weighted by molar-refractivity contribution is -0.0564. The van der Waals surface area contributed by atoms with Crippen LogP contribution < -0.4 is 0 Å². The van der Waals surface area contributed by atoms with E-state index >= 15 is 0 Å². The first-order valence-corrected chi connectivity index (χ1v) is 6.45. The highest BCUT2D eigenvalue weighted by molar-refractivity contribution is 6.33. The maximum Gasteiger partial charge on any atom is 0.181 e. The van der Waals surface area contributed by atoms with Crippen LogP contribution in [0, 0.1) is 0 Å². The van der Waals surface area contributed by atoms with E-state index in [1.807, 2.05) is 0 Å². The summed E-state index contributed by atoms with van der Waals surface area (Å²) < 4.78 is 21.6. The maximum absolute atomic E-state index is 14.7. The van der Waals surface area contributed by atoms with Gasteiger partial charge >= 0.3 is 0 Å². The van der Waals surface area contributed by atoms with Crippen LogP contribution in [0.3, 0.4) is 0 Å². The third-order valence-corrected chi connectivity index (χ3v) is 3.91. The van der Waals surface area contributed by atoms with Crippen LogP contribution in [0.25, 0.3) is 11.0 Å². The number of rotatable bonds is 2. The Hall–Kier alpha value is -1.28. The lowest BCUT2D eigenvalue weighted by Crippen LogP contribution is -2.40. The standard InChI is InChI=1S/C12H13ClFN3O3/c1-12(14)8(19)7(4-18)20-11(12)17-3-2-6-9(13)15-5-16-10(6)17/h2-3,5,7-8,11,18-19H,4H2,1H3. The van der Waals surface area contributed by atoms with Gasteiger partial charge in [0.15, 0.2) is 11.9 Å². The number of fused-ring (bicyclic) bond motifs is 1. The minimum atomic E-state index is -2.06. The predicted octanol–water partition coefficient (Wildman–Crippen LogP) is 1.06. The van der Waals surface area contributed by atoms with Crippen molar-refractivity contribution in [3.63, 3.8) is 0 Å². The number of aliphatic hydroxyl groups is 2. The third-order valence-electron chi connectivity index (χ3n) is 3.61. The first-order valence-electron chi connectivity index (χ1n) is 6.07. The molecule has 2 aromatic heterocycles. The van der Waals surface area contributed by atoms with Gasteiger partial charge in [-0.3, -0.25) is 0 Å². The normalized spacial score (nSPS) is 34.0. The molecule has 0 spiro atoms. The summed E-state index contributed by atoms with van der Waals surface area (Å²) in [5.41, 5.74) is -1.65. The van der Waals surface area contributed by atoms with E-state index in [2.05, 4.69) is 9.97 Å². The van der Waals surface area contributed by atoms with Crippen LogP contribution in [0.2, 0.25) is 5.15 Å². The molecule has 8 heteroatoms. The van der Waals surface area contributed by atoms with Crippen molar-refractivity contribution in [2.75, 3.05) is 6.61 Å². The van der Waals surface area contributed by atoms with Crippen molar-refractivity contribution >= 4 is 22.6 Å². The van der Waals surface area contributed by atoms with Gasteiger partial charge in [0.05, 0.1) is 12.0 Å². The largest absolute Gasteiger partial charge is 0.394 e. The molecule has 2 aromatic rings. The number of aromatic nitrogens is 3.